The highest BCUT2D eigenvalue weighted by atomic mass is 35.5. The van der Waals surface area contributed by atoms with E-state index in [4.69, 9.17) is 11.6 Å². The highest BCUT2D eigenvalue weighted by molar-refractivity contribution is 7.80. The van der Waals surface area contributed by atoms with Gasteiger partial charge in [-0.05, 0) is 41.0 Å². The summed E-state index contributed by atoms with van der Waals surface area (Å²) < 4.78 is 1.79. The van der Waals surface area contributed by atoms with Crippen molar-refractivity contribution in [3.05, 3.63) is 76.3 Å². The number of carboxylic acid groups (broad SMARTS) is 1. The Morgan fingerprint density at radius 3 is 2.51 bits per heavy atom. The van der Waals surface area contributed by atoms with E-state index in [1.807, 2.05) is 24.3 Å². The summed E-state index contributed by atoms with van der Waals surface area (Å²) in [6.07, 6.45) is 5.39. The zero-order valence-corrected chi connectivity index (χ0v) is 23.4. The minimum absolute atomic E-state index is 0.0682. The van der Waals surface area contributed by atoms with Gasteiger partial charge in [0.05, 0.1) is 24.1 Å². The van der Waals surface area contributed by atoms with Crippen molar-refractivity contribution < 1.29 is 14.7 Å². The summed E-state index contributed by atoms with van der Waals surface area (Å²) in [5, 5.41) is 13.4. The summed E-state index contributed by atoms with van der Waals surface area (Å²) in [5.74, 6) is -0.308. The number of carbonyl (C=O) groups excluding carboxylic acids is 1. The highest BCUT2D eigenvalue weighted by Gasteiger charge is 2.21. The topological polar surface area (TPSA) is 84.2 Å². The van der Waals surface area contributed by atoms with Gasteiger partial charge in [-0.3, -0.25) is 4.79 Å². The maximum absolute atomic E-state index is 12.7. The molecule has 198 valence electrons. The summed E-state index contributed by atoms with van der Waals surface area (Å²) in [4.78, 5) is 29.3. The number of benzene rings is 2. The number of hydrogen-bond donors (Lipinski definition) is 3. The molecule has 0 aliphatic carbocycles. The summed E-state index contributed by atoms with van der Waals surface area (Å²) in [5.41, 5.74) is 4.25. The molecule has 1 heterocycles. The van der Waals surface area contributed by atoms with Crippen LogP contribution in [0.4, 0.5) is 0 Å². The second-order valence-corrected chi connectivity index (χ2v) is 10.1. The first-order valence-electron chi connectivity index (χ1n) is 12.8. The summed E-state index contributed by atoms with van der Waals surface area (Å²) in [6.45, 7) is 6.88. The molecule has 8 heteroatoms. The third-order valence-electron chi connectivity index (χ3n) is 6.93. The third-order valence-corrected chi connectivity index (χ3v) is 7.69. The van der Waals surface area contributed by atoms with Crippen LogP contribution in [0, 0.1) is 5.92 Å². The van der Waals surface area contributed by atoms with Crippen molar-refractivity contribution in [2.75, 3.05) is 5.75 Å². The number of carbonyl (C=O) groups is 2. The molecule has 0 spiro atoms. The van der Waals surface area contributed by atoms with Gasteiger partial charge < -0.3 is 15.0 Å². The van der Waals surface area contributed by atoms with Crippen LogP contribution in [-0.2, 0) is 17.9 Å². The fraction of sp³-hybridized carbons (Fsp3) is 0.414. The molecule has 1 aromatic heterocycles. The number of carboxylic acids is 1. The van der Waals surface area contributed by atoms with Crippen molar-refractivity contribution in [2.45, 2.75) is 65.5 Å². The molecule has 0 aliphatic rings. The molecule has 37 heavy (non-hydrogen) atoms. The second kappa shape index (κ2) is 13.7. The van der Waals surface area contributed by atoms with Crippen LogP contribution in [0.1, 0.15) is 79.6 Å². The van der Waals surface area contributed by atoms with Gasteiger partial charge in [-0.1, -0.05) is 87.7 Å². The largest absolute Gasteiger partial charge is 0.478 e. The van der Waals surface area contributed by atoms with Gasteiger partial charge in [0.1, 0.15) is 0 Å². The molecule has 0 saturated heterocycles. The van der Waals surface area contributed by atoms with Crippen LogP contribution >= 0.6 is 24.2 Å². The fourth-order valence-corrected chi connectivity index (χ4v) is 4.97. The Morgan fingerprint density at radius 2 is 1.89 bits per heavy atom. The Morgan fingerprint density at radius 1 is 1.16 bits per heavy atom. The minimum atomic E-state index is -0.995. The molecule has 0 bridgehead atoms. The van der Waals surface area contributed by atoms with Gasteiger partial charge in [0.2, 0.25) is 5.91 Å². The van der Waals surface area contributed by atoms with Crippen LogP contribution in [0.25, 0.3) is 11.1 Å². The normalized spacial score (nSPS) is 12.8. The minimum Gasteiger partial charge on any atom is -0.478 e. The lowest BCUT2D eigenvalue weighted by molar-refractivity contribution is -0.124. The number of nitrogens with one attached hydrogen (secondary N) is 1. The molecule has 6 nitrogen and oxygen atoms in total. The lowest BCUT2D eigenvalue weighted by Crippen LogP contribution is -2.32. The van der Waals surface area contributed by atoms with Crippen molar-refractivity contribution in [1.82, 2.24) is 14.9 Å². The van der Waals surface area contributed by atoms with E-state index in [1.165, 1.54) is 5.56 Å². The molecule has 0 saturated carbocycles. The SMILES string of the molecule is CCCCC(CS)C(=O)NCc1c(Cl)ncn1Cc1cccc(-c2ccc(C(C)CC)cc2)c1C(=O)O. The van der Waals surface area contributed by atoms with E-state index in [9.17, 15) is 14.7 Å². The number of thiol groups is 1. The van der Waals surface area contributed by atoms with Gasteiger partial charge in [0.25, 0.3) is 0 Å². The molecule has 3 rings (SSSR count). The van der Waals surface area contributed by atoms with Crippen molar-refractivity contribution in [3.8, 4) is 11.1 Å². The third kappa shape index (κ3) is 7.17. The van der Waals surface area contributed by atoms with Gasteiger partial charge in [0.15, 0.2) is 5.15 Å². The molecular formula is C29H36ClN3O3S. The zero-order chi connectivity index (χ0) is 26.9. The highest BCUT2D eigenvalue weighted by Crippen LogP contribution is 2.30. The molecule has 2 unspecified atom stereocenters. The van der Waals surface area contributed by atoms with Crippen LogP contribution in [0.3, 0.4) is 0 Å². The quantitative estimate of drug-likeness (QED) is 0.207. The van der Waals surface area contributed by atoms with Gasteiger partial charge in [0, 0.05) is 18.2 Å². The Hall–Kier alpha value is -2.77. The van der Waals surface area contributed by atoms with E-state index >= 15 is 0 Å². The molecular weight excluding hydrogens is 506 g/mol. The average Bonchev–Trinajstić information content (AvgIpc) is 3.25. The Labute approximate surface area is 229 Å². The monoisotopic (exact) mass is 541 g/mol. The predicted octanol–water partition coefficient (Wildman–Crippen LogP) is 6.82. The van der Waals surface area contributed by atoms with Crippen LogP contribution in [0.15, 0.2) is 48.8 Å². The number of nitrogens with zero attached hydrogens (tertiary/aromatic N) is 2. The van der Waals surface area contributed by atoms with E-state index in [-0.39, 0.29) is 35.6 Å². The number of imidazole rings is 1. The number of rotatable bonds is 13. The number of halogens is 1. The molecule has 0 radical (unpaired) electrons. The molecule has 0 fully saturated rings. The first-order valence-corrected chi connectivity index (χ1v) is 13.8. The van der Waals surface area contributed by atoms with Crippen LogP contribution in [-0.4, -0.2) is 32.3 Å². The molecule has 2 aromatic carbocycles. The van der Waals surface area contributed by atoms with Gasteiger partial charge in [-0.2, -0.15) is 12.6 Å². The maximum Gasteiger partial charge on any atom is 0.336 e. The Bertz CT molecular complexity index is 1210. The average molecular weight is 542 g/mol. The molecule has 3 aromatic rings. The lowest BCUT2D eigenvalue weighted by atomic mass is 9.92. The molecule has 2 N–H and O–H groups in total. The van der Waals surface area contributed by atoms with Crippen LogP contribution in [0.2, 0.25) is 5.15 Å². The summed E-state index contributed by atoms with van der Waals surface area (Å²) in [7, 11) is 0. The van der Waals surface area contributed by atoms with Crippen molar-refractivity contribution in [3.63, 3.8) is 0 Å². The van der Waals surface area contributed by atoms with Crippen molar-refractivity contribution in [1.29, 1.82) is 0 Å². The first kappa shape index (κ1) is 28.8. The van der Waals surface area contributed by atoms with Crippen LogP contribution in [0.5, 0.6) is 0 Å². The number of aromatic nitrogens is 2. The first-order chi connectivity index (χ1) is 17.8. The molecule has 1 amide bonds. The zero-order valence-electron chi connectivity index (χ0n) is 21.7. The summed E-state index contributed by atoms with van der Waals surface area (Å²) in [6, 6.07) is 13.6. The number of unbranched alkanes of at least 4 members (excludes halogenated alkanes) is 1. The number of hydrogen-bond acceptors (Lipinski definition) is 4. The van der Waals surface area contributed by atoms with Crippen molar-refractivity contribution >= 4 is 36.1 Å². The standard InChI is InChI=1S/C29H36ClN3O3S/c1-4-6-8-23(17-37)28(34)31-15-25-27(30)32-18-33(25)16-22-9-7-10-24(26(22)29(35)36)21-13-11-20(12-14-21)19(3)5-2/h7,9-14,18-19,23,37H,4-6,8,15-17H2,1-3H3,(H,31,34)(H,35,36). The maximum atomic E-state index is 12.7. The smallest absolute Gasteiger partial charge is 0.336 e. The van der Waals surface area contributed by atoms with Gasteiger partial charge in [-0.15, -0.1) is 0 Å². The Balaban J connectivity index is 1.86. The van der Waals surface area contributed by atoms with E-state index in [0.717, 1.165) is 31.2 Å². The van der Waals surface area contributed by atoms with Crippen molar-refractivity contribution in [2.24, 2.45) is 5.92 Å². The van der Waals surface area contributed by atoms with Gasteiger partial charge >= 0.3 is 5.97 Å². The fourth-order valence-electron chi connectivity index (χ4n) is 4.40. The van der Waals surface area contributed by atoms with E-state index in [2.05, 4.69) is 55.8 Å². The summed E-state index contributed by atoms with van der Waals surface area (Å²) >= 11 is 10.7. The van der Waals surface area contributed by atoms with E-state index < -0.39 is 5.97 Å². The second-order valence-electron chi connectivity index (χ2n) is 9.43. The molecule has 2 atom stereocenters. The Kier molecular flexibility index (Phi) is 10.6. The molecule has 0 aliphatic heterocycles. The predicted molar refractivity (Wildman–Crippen MR) is 153 cm³/mol. The van der Waals surface area contributed by atoms with Gasteiger partial charge in [-0.25, -0.2) is 9.78 Å². The number of aromatic carboxylic acids is 1. The van der Waals surface area contributed by atoms with Crippen LogP contribution < -0.4 is 5.32 Å². The van der Waals surface area contributed by atoms with E-state index in [0.29, 0.717) is 28.5 Å². The lowest BCUT2D eigenvalue weighted by Gasteiger charge is -2.17. The van der Waals surface area contributed by atoms with E-state index in [1.54, 1.807) is 17.0 Å². The number of amides is 1.